The van der Waals surface area contributed by atoms with Gasteiger partial charge in [-0.15, -0.1) is 0 Å². The van der Waals surface area contributed by atoms with Gasteiger partial charge in [0.1, 0.15) is 0 Å². The Balaban J connectivity index is 2.53. The molecule has 1 amide bonds. The molecule has 0 aliphatic carbocycles. The van der Waals surface area contributed by atoms with Crippen LogP contribution in [0.1, 0.15) is 20.8 Å². The quantitative estimate of drug-likeness (QED) is 0.528. The van der Waals surface area contributed by atoms with Gasteiger partial charge in [0.05, 0.1) is 19.3 Å². The average Bonchev–Trinajstić information content (AvgIpc) is 2.61. The number of carbonyl (C=O) groups is 1. The van der Waals surface area contributed by atoms with E-state index < -0.39 is 0 Å². The Bertz CT molecular complexity index is 184. The first-order chi connectivity index (χ1) is 5.41. The Hall–Kier alpha value is -0.220. The van der Waals surface area contributed by atoms with Crippen LogP contribution in [0.3, 0.4) is 0 Å². The maximum Gasteiger partial charge on any atom is 0.279 e. The average molecular weight is 189 g/mol. The summed E-state index contributed by atoms with van der Waals surface area (Å²) in [7, 11) is 0. The maximum absolute atomic E-state index is 11.1. The van der Waals surface area contributed by atoms with Crippen LogP contribution in [0.5, 0.6) is 0 Å². The summed E-state index contributed by atoms with van der Waals surface area (Å²) in [6, 6.07) is 0. The van der Waals surface area contributed by atoms with Gasteiger partial charge in [0.15, 0.2) is 0 Å². The second kappa shape index (κ2) is 3.26. The second-order valence-corrected chi connectivity index (χ2v) is 4.40. The van der Waals surface area contributed by atoms with Crippen LogP contribution < -0.4 is 0 Å². The zero-order valence-electron chi connectivity index (χ0n) is 7.70. The molecule has 1 saturated heterocycles. The Morgan fingerprint density at radius 2 is 2.17 bits per heavy atom. The summed E-state index contributed by atoms with van der Waals surface area (Å²) in [6.07, 6.45) is 0.236. The SMILES string of the molecule is CC(C)(C)N(CC1CO1)C(=O)S. The van der Waals surface area contributed by atoms with Gasteiger partial charge in [-0.1, -0.05) is 12.6 Å². The minimum absolute atomic E-state index is 0.162. The van der Waals surface area contributed by atoms with Gasteiger partial charge < -0.3 is 9.64 Å². The normalized spacial score (nSPS) is 22.2. The van der Waals surface area contributed by atoms with Crippen molar-refractivity contribution in [2.45, 2.75) is 32.4 Å². The van der Waals surface area contributed by atoms with Crippen LogP contribution in [0.2, 0.25) is 0 Å². The summed E-state index contributed by atoms with van der Waals surface area (Å²) in [5.74, 6) is 0. The molecule has 1 unspecified atom stereocenters. The number of ether oxygens (including phenoxy) is 1. The van der Waals surface area contributed by atoms with E-state index in [1.165, 1.54) is 0 Å². The highest BCUT2D eigenvalue weighted by molar-refractivity contribution is 7.96. The number of carbonyl (C=O) groups excluding carboxylic acids is 1. The van der Waals surface area contributed by atoms with E-state index in [1.807, 2.05) is 20.8 Å². The molecule has 1 aliphatic heterocycles. The summed E-state index contributed by atoms with van der Waals surface area (Å²) in [4.78, 5) is 12.8. The third-order valence-electron chi connectivity index (χ3n) is 1.83. The molecule has 4 heteroatoms. The van der Waals surface area contributed by atoms with E-state index in [-0.39, 0.29) is 16.9 Å². The molecule has 1 heterocycles. The fraction of sp³-hybridized carbons (Fsp3) is 0.875. The number of epoxide rings is 1. The summed E-state index contributed by atoms with van der Waals surface area (Å²) in [5, 5.41) is -0.182. The highest BCUT2D eigenvalue weighted by Crippen LogP contribution is 2.20. The van der Waals surface area contributed by atoms with Gasteiger partial charge in [-0.2, -0.15) is 0 Å². The van der Waals surface area contributed by atoms with Crippen LogP contribution in [-0.4, -0.2) is 34.9 Å². The van der Waals surface area contributed by atoms with Crippen molar-refractivity contribution in [2.24, 2.45) is 0 Å². The van der Waals surface area contributed by atoms with Gasteiger partial charge >= 0.3 is 0 Å². The molecular weight excluding hydrogens is 174 g/mol. The van der Waals surface area contributed by atoms with Crippen molar-refractivity contribution in [2.75, 3.05) is 13.2 Å². The van der Waals surface area contributed by atoms with Crippen LogP contribution >= 0.6 is 12.6 Å². The van der Waals surface area contributed by atoms with E-state index in [0.29, 0.717) is 6.54 Å². The summed E-state index contributed by atoms with van der Waals surface area (Å²) >= 11 is 3.82. The molecule has 0 N–H and O–H groups in total. The molecule has 0 aromatic carbocycles. The van der Waals surface area contributed by atoms with Crippen LogP contribution in [0.25, 0.3) is 0 Å². The summed E-state index contributed by atoms with van der Waals surface area (Å²) < 4.78 is 5.06. The predicted molar refractivity (Wildman–Crippen MR) is 50.6 cm³/mol. The number of thiol groups is 1. The fourth-order valence-corrected chi connectivity index (χ4v) is 1.40. The van der Waals surface area contributed by atoms with E-state index in [0.717, 1.165) is 6.61 Å². The lowest BCUT2D eigenvalue weighted by molar-refractivity contribution is 0.158. The number of amides is 1. The number of rotatable bonds is 2. The molecule has 1 aliphatic rings. The lowest BCUT2D eigenvalue weighted by Crippen LogP contribution is -2.45. The van der Waals surface area contributed by atoms with Crippen molar-refractivity contribution < 1.29 is 9.53 Å². The third-order valence-corrected chi connectivity index (χ3v) is 2.07. The minimum atomic E-state index is -0.182. The molecule has 0 aromatic heterocycles. The van der Waals surface area contributed by atoms with Crippen molar-refractivity contribution in [3.05, 3.63) is 0 Å². The molecule has 0 radical (unpaired) electrons. The molecule has 1 rings (SSSR count). The standard InChI is InChI=1S/C8H15NO2S/c1-8(2,3)9(7(10)12)4-6-5-11-6/h6H,4-5H2,1-3H3,(H,10,12). The summed E-state index contributed by atoms with van der Waals surface area (Å²) in [6.45, 7) is 7.40. The molecule has 1 fully saturated rings. The van der Waals surface area contributed by atoms with Crippen molar-refractivity contribution in [3.63, 3.8) is 0 Å². The molecule has 3 nitrogen and oxygen atoms in total. The number of hydrogen-bond acceptors (Lipinski definition) is 2. The van der Waals surface area contributed by atoms with Crippen molar-refractivity contribution >= 4 is 17.9 Å². The van der Waals surface area contributed by atoms with Gasteiger partial charge in [0.2, 0.25) is 0 Å². The first-order valence-corrected chi connectivity index (χ1v) is 4.48. The zero-order valence-corrected chi connectivity index (χ0v) is 8.60. The van der Waals surface area contributed by atoms with Gasteiger partial charge in [-0.05, 0) is 20.8 Å². The molecule has 0 spiro atoms. The highest BCUT2D eigenvalue weighted by atomic mass is 32.1. The largest absolute Gasteiger partial charge is 0.371 e. The molecule has 70 valence electrons. The summed E-state index contributed by atoms with van der Waals surface area (Å²) in [5.41, 5.74) is -0.162. The Morgan fingerprint density at radius 3 is 2.42 bits per heavy atom. The fourth-order valence-electron chi connectivity index (χ4n) is 1.02. The molecule has 0 aromatic rings. The monoisotopic (exact) mass is 189 g/mol. The van der Waals surface area contributed by atoms with E-state index in [1.54, 1.807) is 4.90 Å². The van der Waals surface area contributed by atoms with Crippen molar-refractivity contribution in [1.82, 2.24) is 4.90 Å². The smallest absolute Gasteiger partial charge is 0.279 e. The number of nitrogens with zero attached hydrogens (tertiary/aromatic N) is 1. The Kier molecular flexibility index (Phi) is 2.68. The van der Waals surface area contributed by atoms with Crippen LogP contribution in [0.15, 0.2) is 0 Å². The lowest BCUT2D eigenvalue weighted by Gasteiger charge is -2.33. The molecule has 1 atom stereocenters. The van der Waals surface area contributed by atoms with E-state index in [2.05, 4.69) is 12.6 Å². The first kappa shape index (κ1) is 9.86. The zero-order chi connectivity index (χ0) is 9.35. The Labute approximate surface area is 78.5 Å². The van der Waals surface area contributed by atoms with E-state index in [9.17, 15) is 4.79 Å². The van der Waals surface area contributed by atoms with Gasteiger partial charge in [-0.25, -0.2) is 0 Å². The van der Waals surface area contributed by atoms with Crippen molar-refractivity contribution in [1.29, 1.82) is 0 Å². The van der Waals surface area contributed by atoms with Crippen LogP contribution in [-0.2, 0) is 4.74 Å². The second-order valence-electron chi connectivity index (χ2n) is 4.02. The van der Waals surface area contributed by atoms with Crippen LogP contribution in [0, 0.1) is 0 Å². The predicted octanol–water partition coefficient (Wildman–Crippen LogP) is 1.54. The Morgan fingerprint density at radius 1 is 1.67 bits per heavy atom. The van der Waals surface area contributed by atoms with Gasteiger partial charge in [-0.3, -0.25) is 4.79 Å². The molecule has 12 heavy (non-hydrogen) atoms. The molecular formula is C8H15NO2S. The maximum atomic E-state index is 11.1. The van der Waals surface area contributed by atoms with Gasteiger partial charge in [0.25, 0.3) is 5.24 Å². The lowest BCUT2D eigenvalue weighted by atomic mass is 10.1. The molecule has 0 bridgehead atoms. The van der Waals surface area contributed by atoms with Crippen LogP contribution in [0.4, 0.5) is 4.79 Å². The third kappa shape index (κ3) is 2.68. The van der Waals surface area contributed by atoms with Crippen molar-refractivity contribution in [3.8, 4) is 0 Å². The first-order valence-electron chi connectivity index (χ1n) is 4.03. The topological polar surface area (TPSA) is 32.8 Å². The minimum Gasteiger partial charge on any atom is -0.371 e. The van der Waals surface area contributed by atoms with Gasteiger partial charge in [0, 0.05) is 5.54 Å². The highest BCUT2D eigenvalue weighted by Gasteiger charge is 2.32. The molecule has 0 saturated carbocycles. The van der Waals surface area contributed by atoms with E-state index in [4.69, 9.17) is 4.74 Å². The number of hydrogen-bond donors (Lipinski definition) is 1. The van der Waals surface area contributed by atoms with E-state index >= 15 is 0 Å².